The zero-order valence-corrected chi connectivity index (χ0v) is 20.2. The molecule has 0 saturated heterocycles. The quantitative estimate of drug-likeness (QED) is 0.165. The Hall–Kier alpha value is -3.15. The molecule has 1 aromatic heterocycles. The minimum Gasteiger partial charge on any atom is -0.496 e. The fourth-order valence-corrected chi connectivity index (χ4v) is 4.89. The number of H-pyrrole nitrogens is 1. The standard InChI is InChI=1S/C22H24ClN3O7S/c1-14-17(10-11-24-34(30,31)13-3-12-33-26(28)29)20-18(25-14)8-9-19(32-2)21(20)22(27)15-4-6-16(23)7-5-15/h4-9,24-25H,3,10-13H2,1-2H3. The van der Waals surface area contributed by atoms with Gasteiger partial charge in [0.1, 0.15) is 5.75 Å². The van der Waals surface area contributed by atoms with Gasteiger partial charge >= 0.3 is 0 Å². The Morgan fingerprint density at radius 3 is 2.56 bits per heavy atom. The van der Waals surface area contributed by atoms with Crippen molar-refractivity contribution in [2.75, 3.05) is 26.0 Å². The number of nitrogens with one attached hydrogen (secondary N) is 2. The van der Waals surface area contributed by atoms with Crippen molar-refractivity contribution in [2.45, 2.75) is 19.8 Å². The van der Waals surface area contributed by atoms with Crippen molar-refractivity contribution in [3.8, 4) is 5.75 Å². The first-order chi connectivity index (χ1) is 16.1. The lowest BCUT2D eigenvalue weighted by molar-refractivity contribution is -0.757. The lowest BCUT2D eigenvalue weighted by Crippen LogP contribution is -2.29. The number of aryl methyl sites for hydroxylation is 1. The Morgan fingerprint density at radius 2 is 1.91 bits per heavy atom. The summed E-state index contributed by atoms with van der Waals surface area (Å²) in [6.45, 7) is 1.63. The summed E-state index contributed by atoms with van der Waals surface area (Å²) in [4.78, 5) is 31.0. The first-order valence-electron chi connectivity index (χ1n) is 10.4. The van der Waals surface area contributed by atoms with Crippen molar-refractivity contribution in [1.82, 2.24) is 9.71 Å². The number of sulfonamides is 1. The van der Waals surface area contributed by atoms with Crippen LogP contribution in [0, 0.1) is 17.0 Å². The molecule has 0 unspecified atom stereocenters. The highest BCUT2D eigenvalue weighted by Crippen LogP contribution is 2.34. The van der Waals surface area contributed by atoms with Gasteiger partial charge in [-0.25, -0.2) is 13.1 Å². The number of methoxy groups -OCH3 is 1. The summed E-state index contributed by atoms with van der Waals surface area (Å²) in [6, 6.07) is 10.1. The molecule has 34 heavy (non-hydrogen) atoms. The average molecular weight is 510 g/mol. The fraction of sp³-hybridized carbons (Fsp3) is 0.318. The maximum Gasteiger partial charge on any atom is 0.294 e. The summed E-state index contributed by atoms with van der Waals surface area (Å²) in [5.74, 6) is -0.147. The molecule has 0 aliphatic rings. The molecule has 0 radical (unpaired) electrons. The molecule has 12 heteroatoms. The summed E-state index contributed by atoms with van der Waals surface area (Å²) in [5.41, 5.74) is 3.13. The highest BCUT2D eigenvalue weighted by molar-refractivity contribution is 7.89. The van der Waals surface area contributed by atoms with Crippen LogP contribution in [0.15, 0.2) is 36.4 Å². The molecule has 3 rings (SSSR count). The van der Waals surface area contributed by atoms with E-state index in [9.17, 15) is 23.3 Å². The van der Waals surface area contributed by atoms with Gasteiger partial charge in [-0.05, 0) is 61.7 Å². The van der Waals surface area contributed by atoms with E-state index in [2.05, 4.69) is 14.5 Å². The number of rotatable bonds is 12. The van der Waals surface area contributed by atoms with E-state index in [0.717, 1.165) is 16.8 Å². The first kappa shape index (κ1) is 25.5. The van der Waals surface area contributed by atoms with Gasteiger partial charge in [0.25, 0.3) is 5.09 Å². The van der Waals surface area contributed by atoms with E-state index >= 15 is 0 Å². The number of ether oxygens (including phenoxy) is 1. The smallest absolute Gasteiger partial charge is 0.294 e. The van der Waals surface area contributed by atoms with Gasteiger partial charge in [-0.1, -0.05) is 11.6 Å². The predicted octanol–water partition coefficient (Wildman–Crippen LogP) is 3.43. The molecule has 0 bridgehead atoms. The third-order valence-corrected chi connectivity index (χ3v) is 6.97. The van der Waals surface area contributed by atoms with Gasteiger partial charge in [0.15, 0.2) is 5.78 Å². The molecule has 1 heterocycles. The zero-order valence-electron chi connectivity index (χ0n) is 18.6. The molecule has 0 aliphatic heterocycles. The minimum absolute atomic E-state index is 0.0145. The van der Waals surface area contributed by atoms with Crippen LogP contribution in [-0.4, -0.2) is 50.3 Å². The van der Waals surface area contributed by atoms with Crippen molar-refractivity contribution in [1.29, 1.82) is 0 Å². The predicted molar refractivity (Wildman–Crippen MR) is 128 cm³/mol. The van der Waals surface area contributed by atoms with Crippen LogP contribution in [0.25, 0.3) is 10.9 Å². The Labute approximate surface area is 201 Å². The van der Waals surface area contributed by atoms with Crippen LogP contribution in [0.1, 0.15) is 33.6 Å². The van der Waals surface area contributed by atoms with Crippen LogP contribution < -0.4 is 9.46 Å². The Balaban J connectivity index is 1.86. The van der Waals surface area contributed by atoms with E-state index in [-0.39, 0.29) is 31.1 Å². The normalized spacial score (nSPS) is 11.5. The number of benzene rings is 2. The van der Waals surface area contributed by atoms with Crippen LogP contribution in [0.5, 0.6) is 5.75 Å². The van der Waals surface area contributed by atoms with Crippen LogP contribution >= 0.6 is 11.6 Å². The third-order valence-electron chi connectivity index (χ3n) is 5.25. The highest BCUT2D eigenvalue weighted by atomic mass is 35.5. The lowest BCUT2D eigenvalue weighted by atomic mass is 9.95. The van der Waals surface area contributed by atoms with Gasteiger partial charge in [-0.2, -0.15) is 0 Å². The Kier molecular flexibility index (Phi) is 8.13. The van der Waals surface area contributed by atoms with Crippen molar-refractivity contribution in [3.63, 3.8) is 0 Å². The number of carbonyl (C=O) groups excluding carboxylic acids is 1. The van der Waals surface area contributed by atoms with E-state index < -0.39 is 15.1 Å². The average Bonchev–Trinajstić information content (AvgIpc) is 3.11. The van der Waals surface area contributed by atoms with Crippen molar-refractivity contribution >= 4 is 38.3 Å². The number of carbonyl (C=O) groups is 1. The molecule has 3 aromatic rings. The van der Waals surface area contributed by atoms with Crippen molar-refractivity contribution in [2.24, 2.45) is 0 Å². The van der Waals surface area contributed by atoms with E-state index in [1.54, 1.807) is 30.3 Å². The Morgan fingerprint density at radius 1 is 1.21 bits per heavy atom. The van der Waals surface area contributed by atoms with Gasteiger partial charge < -0.3 is 14.6 Å². The summed E-state index contributed by atoms with van der Waals surface area (Å²) in [7, 11) is -2.17. The zero-order chi connectivity index (χ0) is 24.9. The number of aromatic nitrogens is 1. The largest absolute Gasteiger partial charge is 0.496 e. The fourth-order valence-electron chi connectivity index (χ4n) is 3.71. The number of halogens is 1. The van der Waals surface area contributed by atoms with Gasteiger partial charge in [-0.15, -0.1) is 10.1 Å². The van der Waals surface area contributed by atoms with E-state index in [1.165, 1.54) is 7.11 Å². The number of nitrogens with zero attached hydrogens (tertiary/aromatic N) is 1. The van der Waals surface area contributed by atoms with Crippen LogP contribution in [-0.2, 0) is 21.3 Å². The molecule has 2 N–H and O–H groups in total. The minimum atomic E-state index is -3.65. The molecule has 182 valence electrons. The topological polar surface area (TPSA) is 141 Å². The van der Waals surface area contributed by atoms with Gasteiger partial charge in [0, 0.05) is 33.7 Å². The van der Waals surface area contributed by atoms with E-state index in [1.807, 2.05) is 13.0 Å². The third kappa shape index (κ3) is 6.04. The maximum absolute atomic E-state index is 13.4. The second-order valence-electron chi connectivity index (χ2n) is 7.50. The van der Waals surface area contributed by atoms with Gasteiger partial charge in [0.2, 0.25) is 10.0 Å². The van der Waals surface area contributed by atoms with Crippen LogP contribution in [0.2, 0.25) is 5.02 Å². The first-order valence-corrected chi connectivity index (χ1v) is 12.4. The number of hydrogen-bond acceptors (Lipinski definition) is 7. The summed E-state index contributed by atoms with van der Waals surface area (Å²) < 4.78 is 32.4. The highest BCUT2D eigenvalue weighted by Gasteiger charge is 2.23. The monoisotopic (exact) mass is 509 g/mol. The summed E-state index contributed by atoms with van der Waals surface area (Å²) in [6.07, 6.45) is 0.296. The number of hydrogen-bond donors (Lipinski definition) is 2. The SMILES string of the molecule is COc1ccc2[nH]c(C)c(CCNS(=O)(=O)CCCO[N+](=O)[O-])c2c1C(=O)c1ccc(Cl)cc1. The van der Waals surface area contributed by atoms with Gasteiger partial charge in [0.05, 0.1) is 25.0 Å². The van der Waals surface area contributed by atoms with Crippen molar-refractivity contribution in [3.05, 3.63) is 73.9 Å². The molecule has 10 nitrogen and oxygen atoms in total. The lowest BCUT2D eigenvalue weighted by Gasteiger charge is -2.12. The number of fused-ring (bicyclic) bond motifs is 1. The molecule has 0 atom stereocenters. The van der Waals surface area contributed by atoms with E-state index in [4.69, 9.17) is 16.3 Å². The molecule has 0 fully saturated rings. The number of aromatic amines is 1. The summed E-state index contributed by atoms with van der Waals surface area (Å²) in [5, 5.41) is 10.4. The van der Waals surface area contributed by atoms with Crippen LogP contribution in [0.3, 0.4) is 0 Å². The molecule has 0 saturated carbocycles. The second-order valence-corrected chi connectivity index (χ2v) is 9.87. The molecule has 0 aliphatic carbocycles. The molecular weight excluding hydrogens is 486 g/mol. The summed E-state index contributed by atoms with van der Waals surface area (Å²) >= 11 is 5.96. The second kappa shape index (κ2) is 10.9. The maximum atomic E-state index is 13.4. The van der Waals surface area contributed by atoms with Crippen LogP contribution in [0.4, 0.5) is 0 Å². The molecule has 2 aromatic carbocycles. The van der Waals surface area contributed by atoms with E-state index in [0.29, 0.717) is 33.7 Å². The molecule has 0 spiro atoms. The number of ketones is 1. The molecular formula is C22H24ClN3O7S. The Bertz CT molecular complexity index is 1300. The van der Waals surface area contributed by atoms with Crippen molar-refractivity contribution < 1.29 is 27.9 Å². The molecule has 0 amide bonds. The van der Waals surface area contributed by atoms with Gasteiger partial charge in [-0.3, -0.25) is 4.79 Å².